The lowest BCUT2D eigenvalue weighted by molar-refractivity contribution is 0.105. The van der Waals surface area contributed by atoms with E-state index in [4.69, 9.17) is 4.74 Å². The number of piperazine rings is 1. The van der Waals surface area contributed by atoms with Crippen molar-refractivity contribution in [1.29, 1.82) is 0 Å². The highest BCUT2D eigenvalue weighted by atomic mass is 19.1. The summed E-state index contributed by atoms with van der Waals surface area (Å²) in [5, 5.41) is 3.34. The Hall–Kier alpha value is -1.13. The molecule has 1 aliphatic heterocycles. The maximum absolute atomic E-state index is 13.5. The third-order valence-electron chi connectivity index (χ3n) is 3.32. The number of ether oxygens (including phenoxy) is 1. The molecular formula is C15H23FN2O. The monoisotopic (exact) mass is 266 g/mol. The molecule has 4 heteroatoms. The molecule has 1 N–H and O–H groups in total. The molecule has 2 rings (SSSR count). The van der Waals surface area contributed by atoms with Crippen molar-refractivity contribution in [3.63, 3.8) is 0 Å². The van der Waals surface area contributed by atoms with Crippen molar-refractivity contribution in [2.45, 2.75) is 13.8 Å². The van der Waals surface area contributed by atoms with Gasteiger partial charge in [0.2, 0.25) is 0 Å². The molecule has 106 valence electrons. The smallest absolute Gasteiger partial charge is 0.165 e. The van der Waals surface area contributed by atoms with Crippen LogP contribution in [0.1, 0.15) is 13.8 Å². The van der Waals surface area contributed by atoms with Crippen LogP contribution in [-0.2, 0) is 0 Å². The van der Waals surface area contributed by atoms with E-state index in [2.05, 4.69) is 24.1 Å². The summed E-state index contributed by atoms with van der Waals surface area (Å²) in [6, 6.07) is 6.57. The Morgan fingerprint density at radius 3 is 2.63 bits per heavy atom. The number of hydrogen-bond donors (Lipinski definition) is 1. The van der Waals surface area contributed by atoms with Crippen molar-refractivity contribution in [2.24, 2.45) is 5.41 Å². The summed E-state index contributed by atoms with van der Waals surface area (Å²) < 4.78 is 19.1. The predicted octanol–water partition coefficient (Wildman–Crippen LogP) is 2.14. The van der Waals surface area contributed by atoms with Crippen LogP contribution in [0, 0.1) is 11.2 Å². The molecule has 0 spiro atoms. The van der Waals surface area contributed by atoms with E-state index in [1.807, 2.05) is 0 Å². The maximum atomic E-state index is 13.5. The van der Waals surface area contributed by atoms with E-state index in [1.165, 1.54) is 6.07 Å². The van der Waals surface area contributed by atoms with Gasteiger partial charge in [0.25, 0.3) is 0 Å². The summed E-state index contributed by atoms with van der Waals surface area (Å²) in [7, 11) is 0. The topological polar surface area (TPSA) is 24.5 Å². The maximum Gasteiger partial charge on any atom is 0.165 e. The normalized spacial score (nSPS) is 17.4. The second kappa shape index (κ2) is 6.35. The van der Waals surface area contributed by atoms with Crippen molar-refractivity contribution in [3.05, 3.63) is 30.1 Å². The van der Waals surface area contributed by atoms with Gasteiger partial charge in [0, 0.05) is 38.1 Å². The first kappa shape index (κ1) is 14.3. The summed E-state index contributed by atoms with van der Waals surface area (Å²) in [6.07, 6.45) is 0. The first-order valence-corrected chi connectivity index (χ1v) is 6.87. The molecule has 19 heavy (non-hydrogen) atoms. The van der Waals surface area contributed by atoms with Gasteiger partial charge in [-0.15, -0.1) is 0 Å². The molecule has 0 atom stereocenters. The zero-order valence-electron chi connectivity index (χ0n) is 11.8. The molecule has 0 unspecified atom stereocenters. The van der Waals surface area contributed by atoms with Crippen LogP contribution in [0.15, 0.2) is 24.3 Å². The standard InChI is InChI=1S/C15H23FN2O/c1-15(2,11-18-9-7-17-8-10-18)12-19-14-6-4-3-5-13(14)16/h3-6,17H,7-12H2,1-2H3. The lowest BCUT2D eigenvalue weighted by Crippen LogP contribution is -2.48. The fraction of sp³-hybridized carbons (Fsp3) is 0.600. The zero-order valence-corrected chi connectivity index (χ0v) is 11.8. The van der Waals surface area contributed by atoms with Crippen LogP contribution >= 0.6 is 0 Å². The van der Waals surface area contributed by atoms with Gasteiger partial charge in [0.1, 0.15) is 0 Å². The third kappa shape index (κ3) is 4.48. The molecule has 3 nitrogen and oxygen atoms in total. The second-order valence-electron chi connectivity index (χ2n) is 5.91. The molecule has 0 bridgehead atoms. The van der Waals surface area contributed by atoms with Gasteiger partial charge >= 0.3 is 0 Å². The largest absolute Gasteiger partial charge is 0.490 e. The van der Waals surface area contributed by atoms with Crippen LogP contribution in [0.2, 0.25) is 0 Å². The van der Waals surface area contributed by atoms with Gasteiger partial charge in [0.15, 0.2) is 11.6 Å². The minimum absolute atomic E-state index is 0.0135. The fourth-order valence-electron chi connectivity index (χ4n) is 2.36. The highest BCUT2D eigenvalue weighted by Gasteiger charge is 2.24. The summed E-state index contributed by atoms with van der Waals surface area (Å²) in [6.45, 7) is 10.1. The lowest BCUT2D eigenvalue weighted by atomic mass is 9.93. The van der Waals surface area contributed by atoms with Crippen LogP contribution in [0.4, 0.5) is 4.39 Å². The van der Waals surface area contributed by atoms with E-state index in [0.717, 1.165) is 32.7 Å². The Morgan fingerprint density at radius 2 is 1.95 bits per heavy atom. The first-order chi connectivity index (χ1) is 9.07. The molecule has 1 aliphatic rings. The van der Waals surface area contributed by atoms with Crippen LogP contribution in [0.5, 0.6) is 5.75 Å². The van der Waals surface area contributed by atoms with Crippen LogP contribution in [-0.4, -0.2) is 44.2 Å². The highest BCUT2D eigenvalue weighted by Crippen LogP contribution is 2.22. The Labute approximate surface area is 114 Å². The Balaban J connectivity index is 1.84. The van der Waals surface area contributed by atoms with Gasteiger partial charge in [-0.05, 0) is 12.1 Å². The van der Waals surface area contributed by atoms with Crippen LogP contribution in [0.3, 0.4) is 0 Å². The molecule has 1 aromatic rings. The van der Waals surface area contributed by atoms with Gasteiger partial charge in [-0.2, -0.15) is 0 Å². The summed E-state index contributed by atoms with van der Waals surface area (Å²) in [5.74, 6) is 0.0522. The summed E-state index contributed by atoms with van der Waals surface area (Å²) in [4.78, 5) is 2.43. The van der Waals surface area contributed by atoms with E-state index >= 15 is 0 Å². The van der Waals surface area contributed by atoms with E-state index < -0.39 is 0 Å². The van der Waals surface area contributed by atoms with Crippen molar-refractivity contribution < 1.29 is 9.13 Å². The van der Waals surface area contributed by atoms with Gasteiger partial charge in [0.05, 0.1) is 6.61 Å². The number of rotatable bonds is 5. The lowest BCUT2D eigenvalue weighted by Gasteiger charge is -2.35. The minimum Gasteiger partial charge on any atom is -0.490 e. The number of benzene rings is 1. The summed E-state index contributed by atoms with van der Waals surface area (Å²) in [5.41, 5.74) is 0.0135. The van der Waals surface area contributed by atoms with E-state index in [9.17, 15) is 4.39 Å². The number of para-hydroxylation sites is 1. The van der Waals surface area contributed by atoms with Crippen molar-refractivity contribution in [3.8, 4) is 5.75 Å². The SMILES string of the molecule is CC(C)(COc1ccccc1F)CN1CCNCC1. The quantitative estimate of drug-likeness (QED) is 0.883. The number of nitrogens with one attached hydrogen (secondary N) is 1. The first-order valence-electron chi connectivity index (χ1n) is 6.87. The second-order valence-corrected chi connectivity index (χ2v) is 5.91. The van der Waals surface area contributed by atoms with Crippen molar-refractivity contribution >= 4 is 0 Å². The van der Waals surface area contributed by atoms with E-state index in [0.29, 0.717) is 12.4 Å². The van der Waals surface area contributed by atoms with Crippen LogP contribution in [0.25, 0.3) is 0 Å². The molecule has 0 amide bonds. The fourth-order valence-corrected chi connectivity index (χ4v) is 2.36. The molecule has 0 radical (unpaired) electrons. The number of nitrogens with zero attached hydrogens (tertiary/aromatic N) is 1. The van der Waals surface area contributed by atoms with Crippen molar-refractivity contribution in [1.82, 2.24) is 10.2 Å². The molecular weight excluding hydrogens is 243 g/mol. The predicted molar refractivity (Wildman–Crippen MR) is 75.0 cm³/mol. The van der Waals surface area contributed by atoms with Gasteiger partial charge in [-0.25, -0.2) is 4.39 Å². The van der Waals surface area contributed by atoms with Gasteiger partial charge < -0.3 is 15.0 Å². The minimum atomic E-state index is -0.291. The molecule has 1 aromatic carbocycles. The van der Waals surface area contributed by atoms with Crippen LogP contribution < -0.4 is 10.1 Å². The molecule has 0 saturated carbocycles. The number of halogens is 1. The molecule has 0 aromatic heterocycles. The summed E-state index contributed by atoms with van der Waals surface area (Å²) >= 11 is 0. The average molecular weight is 266 g/mol. The van der Waals surface area contributed by atoms with Crippen molar-refractivity contribution in [2.75, 3.05) is 39.3 Å². The molecule has 1 fully saturated rings. The Kier molecular flexibility index (Phi) is 4.77. The third-order valence-corrected chi connectivity index (χ3v) is 3.32. The Bertz CT molecular complexity index is 403. The molecule has 1 heterocycles. The number of hydrogen-bond acceptors (Lipinski definition) is 3. The average Bonchev–Trinajstić information content (AvgIpc) is 2.38. The molecule has 0 aliphatic carbocycles. The van der Waals surface area contributed by atoms with Gasteiger partial charge in [-0.1, -0.05) is 26.0 Å². The molecule has 1 saturated heterocycles. The zero-order chi connectivity index (χ0) is 13.7. The van der Waals surface area contributed by atoms with Gasteiger partial charge in [-0.3, -0.25) is 0 Å². The van der Waals surface area contributed by atoms with E-state index in [-0.39, 0.29) is 11.2 Å². The van der Waals surface area contributed by atoms with E-state index in [1.54, 1.807) is 18.2 Å². The Morgan fingerprint density at radius 1 is 1.26 bits per heavy atom. The highest BCUT2D eigenvalue weighted by molar-refractivity contribution is 5.23.